The van der Waals surface area contributed by atoms with Gasteiger partial charge in [-0.25, -0.2) is 0 Å². The van der Waals surface area contributed by atoms with Gasteiger partial charge in [-0.05, 0) is 17.7 Å². The number of rotatable bonds is 2. The Hall–Kier alpha value is -1.42. The summed E-state index contributed by atoms with van der Waals surface area (Å²) in [6, 6.07) is 7.72. The molecule has 0 spiro atoms. The number of nitrogens with one attached hydrogen (secondary N) is 1. The van der Waals surface area contributed by atoms with Crippen LogP contribution < -0.4 is 0 Å². The van der Waals surface area contributed by atoms with Crippen LogP contribution in [0.1, 0.15) is 10.5 Å². The largest absolute Gasteiger partial charge is 0.296 e. The summed E-state index contributed by atoms with van der Waals surface area (Å²) in [5, 5.41) is 6.46. The summed E-state index contributed by atoms with van der Waals surface area (Å²) in [6.07, 6.45) is 2.41. The smallest absolute Gasteiger partial charge is 0.168 e. The predicted octanol–water partition coefficient (Wildman–Crippen LogP) is 2.65. The lowest BCUT2D eigenvalue weighted by Gasteiger charge is -1.97. The molecule has 4 heteroatoms. The second-order valence-electron chi connectivity index (χ2n) is 2.82. The summed E-state index contributed by atoms with van der Waals surface area (Å²) in [5.74, 6) is 0. The molecule has 0 saturated carbocycles. The van der Waals surface area contributed by atoms with Crippen molar-refractivity contribution < 1.29 is 4.79 Å². The van der Waals surface area contributed by atoms with Gasteiger partial charge in [-0.2, -0.15) is 5.10 Å². The van der Waals surface area contributed by atoms with Crippen LogP contribution in [0.2, 0.25) is 0 Å². The minimum atomic E-state index is 0.507. The molecule has 2 aromatic rings. The Morgan fingerprint density at radius 3 is 2.64 bits per heavy atom. The Kier molecular flexibility index (Phi) is 2.45. The van der Waals surface area contributed by atoms with E-state index in [-0.39, 0.29) is 0 Å². The van der Waals surface area contributed by atoms with Gasteiger partial charge in [0.25, 0.3) is 0 Å². The van der Waals surface area contributed by atoms with E-state index in [2.05, 4.69) is 26.1 Å². The van der Waals surface area contributed by atoms with E-state index >= 15 is 0 Å². The highest BCUT2D eigenvalue weighted by molar-refractivity contribution is 9.10. The molecule has 14 heavy (non-hydrogen) atoms. The summed E-state index contributed by atoms with van der Waals surface area (Å²) in [7, 11) is 0. The second-order valence-corrected chi connectivity index (χ2v) is 3.74. The van der Waals surface area contributed by atoms with Crippen molar-refractivity contribution in [2.24, 2.45) is 0 Å². The Labute approximate surface area is 89.3 Å². The minimum absolute atomic E-state index is 0.507. The molecule has 70 valence electrons. The van der Waals surface area contributed by atoms with Crippen molar-refractivity contribution in [2.45, 2.75) is 0 Å². The third kappa shape index (κ3) is 1.61. The minimum Gasteiger partial charge on any atom is -0.296 e. The lowest BCUT2D eigenvalue weighted by molar-refractivity contribution is 0.111. The van der Waals surface area contributed by atoms with Crippen molar-refractivity contribution >= 4 is 22.2 Å². The van der Waals surface area contributed by atoms with Crippen LogP contribution in [0.5, 0.6) is 0 Å². The molecule has 1 heterocycles. The van der Waals surface area contributed by atoms with Crippen LogP contribution >= 0.6 is 15.9 Å². The van der Waals surface area contributed by atoms with Gasteiger partial charge < -0.3 is 0 Å². The van der Waals surface area contributed by atoms with E-state index in [4.69, 9.17) is 0 Å². The van der Waals surface area contributed by atoms with Crippen molar-refractivity contribution in [3.63, 3.8) is 0 Å². The molecule has 0 radical (unpaired) electrons. The van der Waals surface area contributed by atoms with Crippen LogP contribution in [-0.2, 0) is 0 Å². The summed E-state index contributed by atoms with van der Waals surface area (Å²) >= 11 is 3.35. The van der Waals surface area contributed by atoms with Crippen molar-refractivity contribution in [1.29, 1.82) is 0 Å². The number of carbonyl (C=O) groups excluding carboxylic acids is 1. The Morgan fingerprint density at radius 2 is 2.00 bits per heavy atom. The van der Waals surface area contributed by atoms with E-state index in [0.29, 0.717) is 5.69 Å². The predicted molar refractivity (Wildman–Crippen MR) is 57.1 cm³/mol. The molecule has 0 aliphatic rings. The van der Waals surface area contributed by atoms with Crippen LogP contribution in [0.3, 0.4) is 0 Å². The molecule has 1 aromatic heterocycles. The average Bonchev–Trinajstić information content (AvgIpc) is 2.67. The van der Waals surface area contributed by atoms with Gasteiger partial charge in [0.15, 0.2) is 6.29 Å². The van der Waals surface area contributed by atoms with E-state index < -0.39 is 0 Å². The van der Waals surface area contributed by atoms with Crippen molar-refractivity contribution in [3.05, 3.63) is 40.6 Å². The van der Waals surface area contributed by atoms with Crippen molar-refractivity contribution in [1.82, 2.24) is 10.2 Å². The quantitative estimate of drug-likeness (QED) is 0.834. The highest BCUT2D eigenvalue weighted by Gasteiger charge is 2.05. The number of hydrogen-bond donors (Lipinski definition) is 1. The maximum atomic E-state index is 10.6. The first-order valence-electron chi connectivity index (χ1n) is 4.06. The topological polar surface area (TPSA) is 45.8 Å². The van der Waals surface area contributed by atoms with Gasteiger partial charge in [-0.3, -0.25) is 9.89 Å². The molecule has 0 aliphatic heterocycles. The summed E-state index contributed by atoms with van der Waals surface area (Å²) < 4.78 is 1.01. The number of nitrogens with zero attached hydrogens (tertiary/aromatic N) is 1. The van der Waals surface area contributed by atoms with Gasteiger partial charge in [0.1, 0.15) is 5.69 Å². The van der Waals surface area contributed by atoms with Crippen LogP contribution in [-0.4, -0.2) is 16.5 Å². The molecule has 3 nitrogen and oxygen atoms in total. The van der Waals surface area contributed by atoms with Gasteiger partial charge >= 0.3 is 0 Å². The number of halogens is 1. The fourth-order valence-corrected chi connectivity index (χ4v) is 1.51. The van der Waals surface area contributed by atoms with Gasteiger partial charge in [-0.1, -0.05) is 28.1 Å². The van der Waals surface area contributed by atoms with E-state index in [9.17, 15) is 4.79 Å². The Morgan fingerprint density at radius 1 is 1.29 bits per heavy atom. The number of H-pyrrole nitrogens is 1. The number of aldehydes is 1. The maximum Gasteiger partial charge on any atom is 0.168 e. The summed E-state index contributed by atoms with van der Waals surface area (Å²) in [6.45, 7) is 0. The molecule has 0 amide bonds. The molecular weight excluding hydrogens is 244 g/mol. The lowest BCUT2D eigenvalue weighted by Crippen LogP contribution is -1.83. The first-order valence-corrected chi connectivity index (χ1v) is 4.85. The Balaban J connectivity index is 2.49. The molecule has 1 N–H and O–H groups in total. The number of aromatic amines is 1. The fraction of sp³-hybridized carbons (Fsp3) is 0. The number of carbonyl (C=O) groups is 1. The van der Waals surface area contributed by atoms with Crippen LogP contribution in [0.15, 0.2) is 34.9 Å². The zero-order chi connectivity index (χ0) is 9.97. The van der Waals surface area contributed by atoms with Crippen molar-refractivity contribution in [2.75, 3.05) is 0 Å². The molecule has 0 aliphatic carbocycles. The SMILES string of the molecule is O=Cc1[nH]ncc1-c1ccc(Br)cc1. The van der Waals surface area contributed by atoms with Crippen LogP contribution in [0.25, 0.3) is 11.1 Å². The molecule has 0 saturated heterocycles. The summed E-state index contributed by atoms with van der Waals surface area (Å²) in [4.78, 5) is 10.6. The fourth-order valence-electron chi connectivity index (χ4n) is 1.25. The summed E-state index contributed by atoms with van der Waals surface area (Å²) in [5.41, 5.74) is 2.31. The zero-order valence-electron chi connectivity index (χ0n) is 7.20. The van der Waals surface area contributed by atoms with Crippen LogP contribution in [0.4, 0.5) is 0 Å². The maximum absolute atomic E-state index is 10.6. The van der Waals surface area contributed by atoms with Gasteiger partial charge in [-0.15, -0.1) is 0 Å². The van der Waals surface area contributed by atoms with Gasteiger partial charge in [0, 0.05) is 10.0 Å². The van der Waals surface area contributed by atoms with E-state index in [1.165, 1.54) is 0 Å². The first-order chi connectivity index (χ1) is 6.81. The standard InChI is InChI=1S/C10H7BrN2O/c11-8-3-1-7(2-4-8)9-5-12-13-10(9)6-14/h1-6H,(H,12,13). The number of aromatic nitrogens is 2. The first kappa shape index (κ1) is 9.15. The lowest BCUT2D eigenvalue weighted by atomic mass is 10.1. The molecule has 0 atom stereocenters. The molecule has 1 aromatic carbocycles. The van der Waals surface area contributed by atoms with E-state index in [1.54, 1.807) is 6.20 Å². The Bertz CT molecular complexity index is 447. The number of benzene rings is 1. The normalized spacial score (nSPS) is 10.1. The highest BCUT2D eigenvalue weighted by atomic mass is 79.9. The third-order valence-corrected chi connectivity index (χ3v) is 2.47. The molecule has 2 rings (SSSR count). The third-order valence-electron chi connectivity index (χ3n) is 1.94. The monoisotopic (exact) mass is 250 g/mol. The second kappa shape index (κ2) is 3.75. The van der Waals surface area contributed by atoms with Gasteiger partial charge in [0.05, 0.1) is 6.20 Å². The van der Waals surface area contributed by atoms with Crippen molar-refractivity contribution in [3.8, 4) is 11.1 Å². The molecule has 0 unspecified atom stereocenters. The van der Waals surface area contributed by atoms with Crippen LogP contribution in [0, 0.1) is 0 Å². The van der Waals surface area contributed by atoms with E-state index in [0.717, 1.165) is 21.9 Å². The molecule has 0 fully saturated rings. The zero-order valence-corrected chi connectivity index (χ0v) is 8.78. The molecule has 0 bridgehead atoms. The van der Waals surface area contributed by atoms with E-state index in [1.807, 2.05) is 24.3 Å². The highest BCUT2D eigenvalue weighted by Crippen LogP contribution is 2.22. The average molecular weight is 251 g/mol. The molecular formula is C10H7BrN2O. The van der Waals surface area contributed by atoms with Gasteiger partial charge in [0.2, 0.25) is 0 Å². The number of hydrogen-bond acceptors (Lipinski definition) is 2.